The van der Waals surface area contributed by atoms with Crippen LogP contribution in [0.15, 0.2) is 24.3 Å². The Hall–Kier alpha value is -1.95. The van der Waals surface area contributed by atoms with Crippen molar-refractivity contribution >= 4 is 11.7 Å². The standard InChI is InChI=1S/C16H22N2O4/c1-16(2,13-6-8-17-9-7-13)22-15(19)11-12-4-3-5-14(10-12)18(20)21/h3-5,10,13,17H,6-9,11H2,1-2H3. The molecule has 6 nitrogen and oxygen atoms in total. The van der Waals surface area contributed by atoms with E-state index in [-0.39, 0.29) is 18.1 Å². The summed E-state index contributed by atoms with van der Waals surface area (Å²) in [5.74, 6) is -0.00756. The van der Waals surface area contributed by atoms with E-state index in [1.165, 1.54) is 12.1 Å². The number of carbonyl (C=O) groups is 1. The molecule has 0 saturated carbocycles. The molecule has 0 aromatic heterocycles. The fourth-order valence-electron chi connectivity index (χ4n) is 2.88. The summed E-state index contributed by atoms with van der Waals surface area (Å²) in [6.07, 6.45) is 2.02. The Balaban J connectivity index is 1.97. The zero-order chi connectivity index (χ0) is 16.2. The number of benzene rings is 1. The molecule has 1 heterocycles. The van der Waals surface area contributed by atoms with Gasteiger partial charge in [0.05, 0.1) is 11.3 Å². The van der Waals surface area contributed by atoms with Crippen molar-refractivity contribution in [1.82, 2.24) is 5.32 Å². The summed E-state index contributed by atoms with van der Waals surface area (Å²) in [5.41, 5.74) is 0.0723. The van der Waals surface area contributed by atoms with Gasteiger partial charge in [-0.1, -0.05) is 12.1 Å². The van der Waals surface area contributed by atoms with Crippen molar-refractivity contribution in [2.75, 3.05) is 13.1 Å². The Morgan fingerprint density at radius 2 is 2.09 bits per heavy atom. The molecular weight excluding hydrogens is 284 g/mol. The molecule has 0 atom stereocenters. The summed E-state index contributed by atoms with van der Waals surface area (Å²) in [4.78, 5) is 22.4. The number of hydrogen-bond donors (Lipinski definition) is 1. The highest BCUT2D eigenvalue weighted by Crippen LogP contribution is 2.29. The summed E-state index contributed by atoms with van der Waals surface area (Å²) in [6, 6.07) is 6.11. The second-order valence-corrected chi connectivity index (χ2v) is 6.21. The molecule has 6 heteroatoms. The van der Waals surface area contributed by atoms with Gasteiger partial charge >= 0.3 is 5.97 Å². The molecule has 22 heavy (non-hydrogen) atoms. The minimum atomic E-state index is -0.514. The van der Waals surface area contributed by atoms with E-state index in [1.807, 2.05) is 13.8 Å². The molecular formula is C16H22N2O4. The van der Waals surface area contributed by atoms with Crippen molar-refractivity contribution in [3.63, 3.8) is 0 Å². The molecule has 0 radical (unpaired) electrons. The maximum absolute atomic E-state index is 12.1. The van der Waals surface area contributed by atoms with Gasteiger partial charge in [0.2, 0.25) is 0 Å². The van der Waals surface area contributed by atoms with E-state index < -0.39 is 10.5 Å². The average molecular weight is 306 g/mol. The molecule has 1 aliphatic rings. The third-order valence-electron chi connectivity index (χ3n) is 4.17. The largest absolute Gasteiger partial charge is 0.459 e. The lowest BCUT2D eigenvalue weighted by molar-refractivity contribution is -0.384. The monoisotopic (exact) mass is 306 g/mol. The number of nitrogens with one attached hydrogen (secondary N) is 1. The molecule has 0 amide bonds. The topological polar surface area (TPSA) is 81.5 Å². The molecule has 0 spiro atoms. The van der Waals surface area contributed by atoms with Gasteiger partial charge in [-0.25, -0.2) is 0 Å². The van der Waals surface area contributed by atoms with E-state index in [9.17, 15) is 14.9 Å². The fraction of sp³-hybridized carbons (Fsp3) is 0.562. The van der Waals surface area contributed by atoms with E-state index in [4.69, 9.17) is 4.74 Å². The summed E-state index contributed by atoms with van der Waals surface area (Å²) in [5, 5.41) is 14.1. The summed E-state index contributed by atoms with van der Waals surface area (Å²) < 4.78 is 5.65. The smallest absolute Gasteiger partial charge is 0.310 e. The number of carbonyl (C=O) groups excluding carboxylic acids is 1. The predicted octanol–water partition coefficient (Wildman–Crippen LogP) is 2.46. The van der Waals surface area contributed by atoms with Crippen LogP contribution in [-0.4, -0.2) is 29.6 Å². The maximum Gasteiger partial charge on any atom is 0.310 e. The van der Waals surface area contributed by atoms with Gasteiger partial charge in [-0.05, 0) is 45.3 Å². The number of nitrogens with zero attached hydrogens (tertiary/aromatic N) is 1. The van der Waals surface area contributed by atoms with Gasteiger partial charge in [-0.2, -0.15) is 0 Å². The number of nitro groups is 1. The first-order valence-corrected chi connectivity index (χ1v) is 7.54. The van der Waals surface area contributed by atoms with Crippen molar-refractivity contribution in [2.45, 2.75) is 38.7 Å². The minimum absolute atomic E-state index is 0.0112. The number of nitro benzene ring substituents is 1. The van der Waals surface area contributed by atoms with E-state index in [1.54, 1.807) is 12.1 Å². The normalized spacial score (nSPS) is 16.3. The maximum atomic E-state index is 12.1. The number of non-ortho nitro benzene ring substituents is 1. The molecule has 1 aliphatic heterocycles. The first-order valence-electron chi connectivity index (χ1n) is 7.54. The fourth-order valence-corrected chi connectivity index (χ4v) is 2.88. The van der Waals surface area contributed by atoms with Crippen molar-refractivity contribution in [3.8, 4) is 0 Å². The Morgan fingerprint density at radius 1 is 1.41 bits per heavy atom. The third-order valence-corrected chi connectivity index (χ3v) is 4.17. The van der Waals surface area contributed by atoms with Crippen LogP contribution >= 0.6 is 0 Å². The zero-order valence-electron chi connectivity index (χ0n) is 13.0. The second kappa shape index (κ2) is 6.87. The lowest BCUT2D eigenvalue weighted by Gasteiger charge is -2.36. The van der Waals surface area contributed by atoms with Gasteiger partial charge in [-0.3, -0.25) is 14.9 Å². The van der Waals surface area contributed by atoms with Crippen molar-refractivity contribution in [2.24, 2.45) is 5.92 Å². The van der Waals surface area contributed by atoms with E-state index >= 15 is 0 Å². The van der Waals surface area contributed by atoms with Crippen LogP contribution in [0.5, 0.6) is 0 Å². The number of hydrogen-bond acceptors (Lipinski definition) is 5. The van der Waals surface area contributed by atoms with Crippen LogP contribution in [0.4, 0.5) is 5.69 Å². The van der Waals surface area contributed by atoms with E-state index in [0.29, 0.717) is 11.5 Å². The quantitative estimate of drug-likeness (QED) is 0.513. The SMILES string of the molecule is CC(C)(OC(=O)Cc1cccc([N+](=O)[O-])c1)C1CCNCC1. The average Bonchev–Trinajstić information content (AvgIpc) is 2.47. The predicted molar refractivity (Wildman–Crippen MR) is 82.6 cm³/mol. The Labute approximate surface area is 130 Å². The molecule has 120 valence electrons. The molecule has 0 aliphatic carbocycles. The van der Waals surface area contributed by atoms with Gasteiger partial charge in [0.25, 0.3) is 5.69 Å². The highest BCUT2D eigenvalue weighted by atomic mass is 16.6. The number of esters is 1. The number of rotatable bonds is 5. The molecule has 1 saturated heterocycles. The number of piperidine rings is 1. The van der Waals surface area contributed by atoms with Gasteiger partial charge in [-0.15, -0.1) is 0 Å². The van der Waals surface area contributed by atoms with Crippen LogP contribution in [0.3, 0.4) is 0 Å². The lowest BCUT2D eigenvalue weighted by atomic mass is 9.83. The first kappa shape index (κ1) is 16.4. The molecule has 0 unspecified atom stereocenters. The summed E-state index contributed by atoms with van der Waals surface area (Å²) in [7, 11) is 0. The van der Waals surface area contributed by atoms with E-state index in [0.717, 1.165) is 25.9 Å². The highest BCUT2D eigenvalue weighted by molar-refractivity contribution is 5.73. The summed E-state index contributed by atoms with van der Waals surface area (Å²) in [6.45, 7) is 5.76. The Kier molecular flexibility index (Phi) is 5.13. The van der Waals surface area contributed by atoms with Crippen molar-refractivity contribution < 1.29 is 14.5 Å². The molecule has 0 bridgehead atoms. The second-order valence-electron chi connectivity index (χ2n) is 6.21. The Morgan fingerprint density at radius 3 is 2.73 bits per heavy atom. The van der Waals surface area contributed by atoms with Crippen LogP contribution < -0.4 is 5.32 Å². The summed E-state index contributed by atoms with van der Waals surface area (Å²) >= 11 is 0. The molecule has 1 aromatic rings. The van der Waals surface area contributed by atoms with Gasteiger partial charge in [0, 0.05) is 18.1 Å². The first-order chi connectivity index (χ1) is 10.4. The van der Waals surface area contributed by atoms with E-state index in [2.05, 4.69) is 5.32 Å². The van der Waals surface area contributed by atoms with Crippen LogP contribution in [0.25, 0.3) is 0 Å². The third kappa shape index (κ3) is 4.27. The van der Waals surface area contributed by atoms with Crippen LogP contribution in [0, 0.1) is 16.0 Å². The van der Waals surface area contributed by atoms with Crippen LogP contribution in [-0.2, 0) is 16.0 Å². The zero-order valence-corrected chi connectivity index (χ0v) is 13.0. The van der Waals surface area contributed by atoms with Gasteiger partial charge < -0.3 is 10.1 Å². The number of ether oxygens (including phenoxy) is 1. The van der Waals surface area contributed by atoms with Gasteiger partial charge in [0.15, 0.2) is 0 Å². The highest BCUT2D eigenvalue weighted by Gasteiger charge is 2.34. The molecule has 1 aromatic carbocycles. The van der Waals surface area contributed by atoms with Crippen molar-refractivity contribution in [3.05, 3.63) is 39.9 Å². The van der Waals surface area contributed by atoms with Crippen LogP contribution in [0.2, 0.25) is 0 Å². The molecule has 1 fully saturated rings. The minimum Gasteiger partial charge on any atom is -0.459 e. The van der Waals surface area contributed by atoms with Crippen LogP contribution in [0.1, 0.15) is 32.3 Å². The lowest BCUT2D eigenvalue weighted by Crippen LogP contribution is -2.43. The Bertz CT molecular complexity index is 551. The van der Waals surface area contributed by atoms with Crippen molar-refractivity contribution in [1.29, 1.82) is 0 Å². The molecule has 2 rings (SSSR count). The van der Waals surface area contributed by atoms with Gasteiger partial charge in [0.1, 0.15) is 5.60 Å². The molecule has 1 N–H and O–H groups in total.